The second-order valence-electron chi connectivity index (χ2n) is 10.6. The fourth-order valence-corrected chi connectivity index (χ4v) is 6.94. The molecule has 3 aromatic carbocycles. The van der Waals surface area contributed by atoms with E-state index < -0.39 is 0 Å². The Labute approximate surface area is 215 Å². The van der Waals surface area contributed by atoms with E-state index >= 15 is 0 Å². The van der Waals surface area contributed by atoms with Crippen LogP contribution in [0.5, 0.6) is 0 Å². The molecule has 0 amide bonds. The van der Waals surface area contributed by atoms with Gasteiger partial charge in [-0.05, 0) is 47.6 Å². The number of anilines is 1. The maximum absolute atomic E-state index is 4.81. The van der Waals surface area contributed by atoms with Gasteiger partial charge >= 0.3 is 0 Å². The average Bonchev–Trinajstić information content (AvgIpc) is 3.15. The molecule has 0 aliphatic carbocycles. The van der Waals surface area contributed by atoms with Crippen LogP contribution < -0.4 is 4.90 Å². The van der Waals surface area contributed by atoms with Crippen molar-refractivity contribution in [3.63, 3.8) is 0 Å². The third-order valence-corrected chi connectivity index (χ3v) is 8.40. The SMILES string of the molecule is CN(C)c1ccc(C2CC3CCCC2N3C(c2ccccc2)(c2ccccc2)c2ccccc2)cn1. The molecule has 2 aliphatic heterocycles. The molecule has 0 radical (unpaired) electrons. The van der Waals surface area contributed by atoms with E-state index in [-0.39, 0.29) is 5.54 Å². The number of benzene rings is 3. The van der Waals surface area contributed by atoms with Gasteiger partial charge in [-0.25, -0.2) is 4.98 Å². The van der Waals surface area contributed by atoms with E-state index in [1.807, 2.05) is 0 Å². The Balaban J connectivity index is 1.55. The number of fused-ring (bicyclic) bond motifs is 2. The van der Waals surface area contributed by atoms with Gasteiger partial charge in [0.15, 0.2) is 0 Å². The van der Waals surface area contributed by atoms with Gasteiger partial charge in [0.25, 0.3) is 0 Å². The Morgan fingerprint density at radius 3 is 1.75 bits per heavy atom. The molecule has 6 rings (SSSR count). The van der Waals surface area contributed by atoms with Gasteiger partial charge in [0, 0.05) is 38.3 Å². The summed E-state index contributed by atoms with van der Waals surface area (Å²) < 4.78 is 0. The first-order valence-corrected chi connectivity index (χ1v) is 13.3. The predicted molar refractivity (Wildman–Crippen MR) is 148 cm³/mol. The highest BCUT2D eigenvalue weighted by molar-refractivity contribution is 5.51. The van der Waals surface area contributed by atoms with Crippen molar-refractivity contribution in [2.75, 3.05) is 19.0 Å². The zero-order valence-corrected chi connectivity index (χ0v) is 21.3. The van der Waals surface area contributed by atoms with Crippen LogP contribution in [0.1, 0.15) is 53.9 Å². The molecule has 182 valence electrons. The number of pyridine rings is 1. The zero-order valence-electron chi connectivity index (χ0n) is 21.3. The normalized spacial score (nSPS) is 21.9. The van der Waals surface area contributed by atoms with Crippen molar-refractivity contribution in [3.8, 4) is 0 Å². The molecule has 0 spiro atoms. The lowest BCUT2D eigenvalue weighted by atomic mass is 9.73. The lowest BCUT2D eigenvalue weighted by molar-refractivity contribution is 0.0537. The van der Waals surface area contributed by atoms with Gasteiger partial charge in [-0.1, -0.05) is 103 Å². The monoisotopic (exact) mass is 473 g/mol. The van der Waals surface area contributed by atoms with E-state index in [0.717, 1.165) is 5.82 Å². The Bertz CT molecular complexity index is 1170. The summed E-state index contributed by atoms with van der Waals surface area (Å²) in [4.78, 5) is 9.79. The molecule has 2 saturated heterocycles. The maximum atomic E-state index is 4.81. The summed E-state index contributed by atoms with van der Waals surface area (Å²) in [6.45, 7) is 0. The van der Waals surface area contributed by atoms with Gasteiger partial charge < -0.3 is 4.90 Å². The van der Waals surface area contributed by atoms with Crippen molar-refractivity contribution in [2.45, 2.75) is 49.2 Å². The molecule has 1 aromatic heterocycles. The summed E-state index contributed by atoms with van der Waals surface area (Å²) >= 11 is 0. The van der Waals surface area contributed by atoms with Crippen LogP contribution in [-0.4, -0.2) is 36.1 Å². The fraction of sp³-hybridized carbons (Fsp3) is 0.303. The molecule has 36 heavy (non-hydrogen) atoms. The minimum atomic E-state index is -0.342. The van der Waals surface area contributed by atoms with Crippen molar-refractivity contribution in [1.29, 1.82) is 0 Å². The Morgan fingerprint density at radius 2 is 1.28 bits per heavy atom. The standard InChI is InChI=1S/C33H35N3/c1-35(2)32-22-21-25(24-34-32)30-23-29-19-12-20-31(30)36(29)33(26-13-6-3-7-14-26,27-15-8-4-9-16-27)28-17-10-5-11-18-28/h3-11,13-18,21-22,24,29-31H,12,19-20,23H2,1-2H3. The Morgan fingerprint density at radius 1 is 0.722 bits per heavy atom. The zero-order chi connectivity index (χ0) is 24.5. The van der Waals surface area contributed by atoms with E-state index in [1.54, 1.807) is 0 Å². The number of nitrogens with zero attached hydrogens (tertiary/aromatic N) is 3. The van der Waals surface area contributed by atoms with Gasteiger partial charge in [-0.3, -0.25) is 4.90 Å². The summed E-state index contributed by atoms with van der Waals surface area (Å²) in [6, 6.07) is 39.0. The quantitative estimate of drug-likeness (QED) is 0.286. The van der Waals surface area contributed by atoms with Gasteiger partial charge in [-0.15, -0.1) is 0 Å². The molecule has 4 aromatic rings. The van der Waals surface area contributed by atoms with E-state index in [9.17, 15) is 0 Å². The first-order valence-electron chi connectivity index (χ1n) is 13.3. The Hall–Kier alpha value is -3.43. The lowest BCUT2D eigenvalue weighted by Gasteiger charge is -2.51. The van der Waals surface area contributed by atoms with Gasteiger partial charge in [0.1, 0.15) is 5.82 Å². The van der Waals surface area contributed by atoms with Gasteiger partial charge in [0.05, 0.1) is 5.54 Å². The third kappa shape index (κ3) is 3.74. The summed E-state index contributed by atoms with van der Waals surface area (Å²) in [7, 11) is 4.11. The van der Waals surface area contributed by atoms with E-state index in [1.165, 1.54) is 47.9 Å². The highest BCUT2D eigenvalue weighted by Gasteiger charge is 2.55. The second kappa shape index (κ2) is 9.55. The van der Waals surface area contributed by atoms with Crippen LogP contribution in [0.3, 0.4) is 0 Å². The maximum Gasteiger partial charge on any atom is 0.127 e. The van der Waals surface area contributed by atoms with Gasteiger partial charge in [-0.2, -0.15) is 0 Å². The van der Waals surface area contributed by atoms with Gasteiger partial charge in [0.2, 0.25) is 0 Å². The summed E-state index contributed by atoms with van der Waals surface area (Å²) in [5.41, 5.74) is 5.08. The molecule has 3 heterocycles. The van der Waals surface area contributed by atoms with Crippen LogP contribution in [0.15, 0.2) is 109 Å². The topological polar surface area (TPSA) is 19.4 Å². The van der Waals surface area contributed by atoms with Crippen LogP contribution in [0.4, 0.5) is 5.82 Å². The minimum absolute atomic E-state index is 0.342. The minimum Gasteiger partial charge on any atom is -0.363 e. The average molecular weight is 474 g/mol. The summed E-state index contributed by atoms with van der Waals surface area (Å²) in [5, 5.41) is 0. The van der Waals surface area contributed by atoms with Crippen molar-refractivity contribution in [3.05, 3.63) is 132 Å². The van der Waals surface area contributed by atoms with Crippen molar-refractivity contribution >= 4 is 5.82 Å². The van der Waals surface area contributed by atoms with Crippen molar-refractivity contribution in [1.82, 2.24) is 9.88 Å². The highest BCUT2D eigenvalue weighted by Crippen LogP contribution is 2.55. The number of aromatic nitrogens is 1. The molecular weight excluding hydrogens is 438 g/mol. The molecule has 3 nitrogen and oxygen atoms in total. The number of piperidine rings is 1. The number of hydrogen-bond acceptors (Lipinski definition) is 3. The highest BCUT2D eigenvalue weighted by atomic mass is 15.3. The molecular formula is C33H35N3. The molecule has 3 unspecified atom stereocenters. The second-order valence-corrected chi connectivity index (χ2v) is 10.6. The van der Waals surface area contributed by atoms with E-state index in [0.29, 0.717) is 18.0 Å². The summed E-state index contributed by atoms with van der Waals surface area (Å²) in [6.07, 6.45) is 7.06. The van der Waals surface area contributed by atoms with E-state index in [2.05, 4.69) is 133 Å². The smallest absolute Gasteiger partial charge is 0.127 e. The first kappa shape index (κ1) is 23.0. The van der Waals surface area contributed by atoms with Crippen LogP contribution in [0.25, 0.3) is 0 Å². The summed E-state index contributed by atoms with van der Waals surface area (Å²) in [5.74, 6) is 1.50. The lowest BCUT2D eigenvalue weighted by Crippen LogP contribution is -2.56. The number of hydrogen-bond donors (Lipinski definition) is 0. The molecule has 2 aliphatic rings. The van der Waals surface area contributed by atoms with Crippen molar-refractivity contribution in [2.24, 2.45) is 0 Å². The predicted octanol–water partition coefficient (Wildman–Crippen LogP) is 6.85. The molecule has 2 bridgehead atoms. The largest absolute Gasteiger partial charge is 0.363 e. The molecule has 3 heteroatoms. The van der Waals surface area contributed by atoms with Crippen LogP contribution in [0.2, 0.25) is 0 Å². The first-order chi connectivity index (χ1) is 17.7. The number of rotatable bonds is 6. The molecule has 0 N–H and O–H groups in total. The van der Waals surface area contributed by atoms with Crippen LogP contribution >= 0.6 is 0 Å². The fourth-order valence-electron chi connectivity index (χ4n) is 6.94. The molecule has 3 atom stereocenters. The van der Waals surface area contributed by atoms with Crippen molar-refractivity contribution < 1.29 is 0 Å². The van der Waals surface area contributed by atoms with Crippen LogP contribution in [0, 0.1) is 0 Å². The molecule has 0 saturated carbocycles. The van der Waals surface area contributed by atoms with E-state index in [4.69, 9.17) is 4.98 Å². The van der Waals surface area contributed by atoms with Crippen LogP contribution in [-0.2, 0) is 5.54 Å². The molecule has 2 fully saturated rings. The Kier molecular flexibility index (Phi) is 6.10. The third-order valence-electron chi connectivity index (χ3n) is 8.40.